The van der Waals surface area contributed by atoms with Crippen LogP contribution in [0.2, 0.25) is 0 Å². The molecule has 0 atom stereocenters. The predicted molar refractivity (Wildman–Crippen MR) is 103 cm³/mol. The molecule has 0 radical (unpaired) electrons. The Bertz CT molecular complexity index is 573. The second kappa shape index (κ2) is 8.88. The Morgan fingerprint density at radius 3 is 2.00 bits per heavy atom. The number of carbonyl (C=O) groups excluding carboxylic acids is 2. The lowest BCUT2D eigenvalue weighted by atomic mass is 10.1. The summed E-state index contributed by atoms with van der Waals surface area (Å²) >= 11 is 0. The zero-order chi connectivity index (χ0) is 18.4. The minimum atomic E-state index is 0.0556. The third-order valence-electron chi connectivity index (χ3n) is 4.33. The number of anilines is 2. The molecule has 1 aromatic rings. The number of amides is 2. The molecule has 5 nitrogen and oxygen atoms in total. The zero-order valence-electron chi connectivity index (χ0n) is 15.9. The molecule has 25 heavy (non-hydrogen) atoms. The van der Waals surface area contributed by atoms with Crippen LogP contribution in [0.25, 0.3) is 0 Å². The van der Waals surface area contributed by atoms with E-state index in [4.69, 9.17) is 0 Å². The van der Waals surface area contributed by atoms with Gasteiger partial charge in [0.2, 0.25) is 11.8 Å². The van der Waals surface area contributed by atoms with Gasteiger partial charge in [0, 0.05) is 50.4 Å². The first-order chi connectivity index (χ1) is 11.8. The Morgan fingerprint density at radius 1 is 0.920 bits per heavy atom. The summed E-state index contributed by atoms with van der Waals surface area (Å²) in [7, 11) is 0. The highest BCUT2D eigenvalue weighted by Gasteiger charge is 2.21. The minimum absolute atomic E-state index is 0.0556. The fraction of sp³-hybridized carbons (Fsp3) is 0.600. The van der Waals surface area contributed by atoms with E-state index < -0.39 is 0 Å². The van der Waals surface area contributed by atoms with Gasteiger partial charge in [-0.2, -0.15) is 0 Å². The summed E-state index contributed by atoms with van der Waals surface area (Å²) in [6.07, 6.45) is 1.17. The van der Waals surface area contributed by atoms with Crippen molar-refractivity contribution in [3.63, 3.8) is 0 Å². The molecule has 0 saturated carbocycles. The smallest absolute Gasteiger partial charge is 0.224 e. The topological polar surface area (TPSA) is 52.7 Å². The van der Waals surface area contributed by atoms with Gasteiger partial charge in [0.05, 0.1) is 0 Å². The van der Waals surface area contributed by atoms with Crippen molar-refractivity contribution >= 4 is 23.2 Å². The number of nitrogens with one attached hydrogen (secondary N) is 1. The standard InChI is InChI=1S/C20H31N3O2/c1-15(2)13-19(24)21-17-5-7-18(8-6-17)22-9-11-23(12-10-22)20(25)14-16(3)4/h5-8,15-16H,9-14H2,1-4H3,(H,21,24). The summed E-state index contributed by atoms with van der Waals surface area (Å²) in [5, 5.41) is 2.93. The third-order valence-corrected chi connectivity index (χ3v) is 4.33. The number of benzene rings is 1. The summed E-state index contributed by atoms with van der Waals surface area (Å²) in [6, 6.07) is 7.97. The van der Waals surface area contributed by atoms with Gasteiger partial charge in [-0.1, -0.05) is 27.7 Å². The number of rotatable bonds is 6. The van der Waals surface area contributed by atoms with Gasteiger partial charge < -0.3 is 15.1 Å². The normalized spacial score (nSPS) is 15.0. The highest BCUT2D eigenvalue weighted by Crippen LogP contribution is 2.20. The van der Waals surface area contributed by atoms with Crippen molar-refractivity contribution in [1.29, 1.82) is 0 Å². The van der Waals surface area contributed by atoms with Gasteiger partial charge in [-0.05, 0) is 36.1 Å². The summed E-state index contributed by atoms with van der Waals surface area (Å²) in [6.45, 7) is 11.5. The van der Waals surface area contributed by atoms with Gasteiger partial charge in [0.25, 0.3) is 0 Å². The third kappa shape index (κ3) is 6.07. The second-order valence-corrected chi connectivity index (χ2v) is 7.66. The highest BCUT2D eigenvalue weighted by molar-refractivity contribution is 5.91. The molecular weight excluding hydrogens is 314 g/mol. The lowest BCUT2D eigenvalue weighted by Crippen LogP contribution is -2.49. The van der Waals surface area contributed by atoms with Crippen molar-refractivity contribution in [1.82, 2.24) is 4.90 Å². The molecule has 1 N–H and O–H groups in total. The Kier molecular flexibility index (Phi) is 6.85. The van der Waals surface area contributed by atoms with Gasteiger partial charge in [-0.25, -0.2) is 0 Å². The van der Waals surface area contributed by atoms with Crippen LogP contribution in [0.15, 0.2) is 24.3 Å². The molecule has 1 aromatic carbocycles. The van der Waals surface area contributed by atoms with Crippen LogP contribution in [0.5, 0.6) is 0 Å². The number of hydrogen-bond donors (Lipinski definition) is 1. The SMILES string of the molecule is CC(C)CC(=O)Nc1ccc(N2CCN(C(=O)CC(C)C)CC2)cc1. The van der Waals surface area contributed by atoms with Gasteiger partial charge in [0.15, 0.2) is 0 Å². The lowest BCUT2D eigenvalue weighted by Gasteiger charge is -2.36. The molecule has 138 valence electrons. The maximum Gasteiger partial charge on any atom is 0.224 e. The van der Waals surface area contributed by atoms with Gasteiger partial charge in [-0.15, -0.1) is 0 Å². The number of nitrogens with zero attached hydrogens (tertiary/aromatic N) is 2. The Morgan fingerprint density at radius 2 is 1.48 bits per heavy atom. The molecule has 2 rings (SSSR count). The quantitative estimate of drug-likeness (QED) is 0.860. The summed E-state index contributed by atoms with van der Waals surface area (Å²) in [5.41, 5.74) is 1.97. The molecule has 0 aromatic heterocycles. The predicted octanol–water partition coefficient (Wildman–Crippen LogP) is 3.37. The molecule has 1 fully saturated rings. The van der Waals surface area contributed by atoms with E-state index in [-0.39, 0.29) is 11.8 Å². The fourth-order valence-corrected chi connectivity index (χ4v) is 3.03. The van der Waals surface area contributed by atoms with E-state index in [0.717, 1.165) is 37.6 Å². The van der Waals surface area contributed by atoms with Gasteiger partial charge in [0.1, 0.15) is 0 Å². The van der Waals surface area contributed by atoms with Crippen molar-refractivity contribution in [3.8, 4) is 0 Å². The minimum Gasteiger partial charge on any atom is -0.368 e. The van der Waals surface area contributed by atoms with Crippen LogP contribution < -0.4 is 10.2 Å². The van der Waals surface area contributed by atoms with E-state index >= 15 is 0 Å². The molecule has 0 unspecified atom stereocenters. The van der Waals surface area contributed by atoms with Crippen molar-refractivity contribution in [2.24, 2.45) is 11.8 Å². The average molecular weight is 345 g/mol. The van der Waals surface area contributed by atoms with Crippen LogP contribution in [0.3, 0.4) is 0 Å². The number of carbonyl (C=O) groups is 2. The van der Waals surface area contributed by atoms with Crippen molar-refractivity contribution in [2.75, 3.05) is 36.4 Å². The monoisotopic (exact) mass is 345 g/mol. The van der Waals surface area contributed by atoms with Crippen LogP contribution in [0.1, 0.15) is 40.5 Å². The molecule has 1 saturated heterocycles. The Hall–Kier alpha value is -2.04. The van der Waals surface area contributed by atoms with Crippen LogP contribution in [0, 0.1) is 11.8 Å². The van der Waals surface area contributed by atoms with Crippen molar-refractivity contribution < 1.29 is 9.59 Å². The molecule has 5 heteroatoms. The van der Waals surface area contributed by atoms with E-state index in [9.17, 15) is 9.59 Å². The largest absolute Gasteiger partial charge is 0.368 e. The first kappa shape index (κ1) is 19.3. The lowest BCUT2D eigenvalue weighted by molar-refractivity contribution is -0.132. The van der Waals surface area contributed by atoms with Gasteiger partial charge in [-0.3, -0.25) is 9.59 Å². The summed E-state index contributed by atoms with van der Waals surface area (Å²) in [5.74, 6) is 1.08. The van der Waals surface area contributed by atoms with Crippen molar-refractivity contribution in [2.45, 2.75) is 40.5 Å². The van der Waals surface area contributed by atoms with E-state index in [0.29, 0.717) is 24.7 Å². The molecular formula is C20H31N3O2. The molecule has 0 bridgehead atoms. The van der Waals surface area contributed by atoms with E-state index in [1.165, 1.54) is 0 Å². The van der Waals surface area contributed by atoms with E-state index in [1.807, 2.05) is 43.0 Å². The number of hydrogen-bond acceptors (Lipinski definition) is 3. The zero-order valence-corrected chi connectivity index (χ0v) is 15.9. The fourth-order valence-electron chi connectivity index (χ4n) is 3.03. The molecule has 1 aliphatic rings. The molecule has 0 aliphatic carbocycles. The van der Waals surface area contributed by atoms with E-state index in [2.05, 4.69) is 24.1 Å². The van der Waals surface area contributed by atoms with Crippen LogP contribution in [-0.4, -0.2) is 42.9 Å². The van der Waals surface area contributed by atoms with Crippen LogP contribution >= 0.6 is 0 Å². The van der Waals surface area contributed by atoms with Crippen LogP contribution in [0.4, 0.5) is 11.4 Å². The maximum absolute atomic E-state index is 12.1. The van der Waals surface area contributed by atoms with E-state index in [1.54, 1.807) is 0 Å². The Labute approximate surface area is 151 Å². The first-order valence-electron chi connectivity index (χ1n) is 9.27. The highest BCUT2D eigenvalue weighted by atomic mass is 16.2. The Balaban J connectivity index is 1.85. The average Bonchev–Trinajstić information content (AvgIpc) is 2.54. The first-order valence-corrected chi connectivity index (χ1v) is 9.27. The summed E-state index contributed by atoms with van der Waals surface area (Å²) < 4.78 is 0. The van der Waals surface area contributed by atoms with Crippen molar-refractivity contribution in [3.05, 3.63) is 24.3 Å². The molecule has 0 spiro atoms. The molecule has 2 amide bonds. The van der Waals surface area contributed by atoms with Gasteiger partial charge >= 0.3 is 0 Å². The maximum atomic E-state index is 12.1. The van der Waals surface area contributed by atoms with Crippen LogP contribution in [-0.2, 0) is 9.59 Å². The number of piperazine rings is 1. The molecule has 1 heterocycles. The second-order valence-electron chi connectivity index (χ2n) is 7.66. The molecule has 1 aliphatic heterocycles. The summed E-state index contributed by atoms with van der Waals surface area (Å²) in [4.78, 5) is 28.2.